The average Bonchev–Trinajstić information content (AvgIpc) is 3.41. The summed E-state index contributed by atoms with van der Waals surface area (Å²) in [5, 5.41) is 6.23. The minimum atomic E-state index is -3.53. The summed E-state index contributed by atoms with van der Waals surface area (Å²) >= 11 is 1.34. The Labute approximate surface area is 193 Å². The van der Waals surface area contributed by atoms with Gasteiger partial charge in [0, 0.05) is 23.7 Å². The zero-order chi connectivity index (χ0) is 23.3. The number of anilines is 2. The Kier molecular flexibility index (Phi) is 7.91. The lowest BCUT2D eigenvalue weighted by Gasteiger charge is -2.16. The van der Waals surface area contributed by atoms with Crippen LogP contribution < -0.4 is 10.6 Å². The van der Waals surface area contributed by atoms with E-state index >= 15 is 0 Å². The standard InChI is InChI=1S/C22H29N3O5S2/c1-4-18-15(3)31-21(20(18)22(27)30-5-2)24-19(26)14-23-16-9-8-10-17(13-16)32(28,29)25-11-6-7-12-25/h8-10,13,23H,4-7,11-12,14H2,1-3H3,(H,24,26). The molecule has 1 aliphatic rings. The number of sulfonamides is 1. The number of benzene rings is 1. The Bertz CT molecular complexity index is 1090. The Balaban J connectivity index is 1.69. The second-order valence-corrected chi connectivity index (χ2v) is 10.6. The molecule has 8 nitrogen and oxygen atoms in total. The molecular formula is C22H29N3O5S2. The first kappa shape index (κ1) is 24.2. The molecule has 1 aliphatic heterocycles. The molecule has 1 fully saturated rings. The van der Waals surface area contributed by atoms with Crippen LogP contribution in [0.15, 0.2) is 29.2 Å². The van der Waals surface area contributed by atoms with Crippen molar-refractivity contribution in [3.63, 3.8) is 0 Å². The van der Waals surface area contributed by atoms with E-state index in [2.05, 4.69) is 10.6 Å². The molecule has 1 aromatic carbocycles. The molecule has 0 atom stereocenters. The highest BCUT2D eigenvalue weighted by atomic mass is 32.2. The van der Waals surface area contributed by atoms with Gasteiger partial charge >= 0.3 is 5.97 Å². The number of nitrogens with zero attached hydrogens (tertiary/aromatic N) is 1. The molecule has 174 valence electrons. The monoisotopic (exact) mass is 479 g/mol. The van der Waals surface area contributed by atoms with Gasteiger partial charge in [0.15, 0.2) is 0 Å². The summed E-state index contributed by atoms with van der Waals surface area (Å²) in [5.74, 6) is -0.788. The highest BCUT2D eigenvalue weighted by Crippen LogP contribution is 2.34. The number of hydrogen-bond donors (Lipinski definition) is 2. The van der Waals surface area contributed by atoms with Crippen LogP contribution in [-0.4, -0.2) is 50.8 Å². The summed E-state index contributed by atoms with van der Waals surface area (Å²) < 4.78 is 32.2. The van der Waals surface area contributed by atoms with E-state index in [1.54, 1.807) is 25.1 Å². The maximum Gasteiger partial charge on any atom is 0.341 e. The summed E-state index contributed by atoms with van der Waals surface area (Å²) in [4.78, 5) is 26.2. The number of carbonyl (C=O) groups excluding carboxylic acids is 2. The zero-order valence-corrected chi connectivity index (χ0v) is 20.2. The van der Waals surface area contributed by atoms with Crippen LogP contribution in [-0.2, 0) is 26.0 Å². The second-order valence-electron chi connectivity index (χ2n) is 7.46. The predicted octanol–water partition coefficient (Wildman–Crippen LogP) is 3.63. The Morgan fingerprint density at radius 1 is 1.19 bits per heavy atom. The summed E-state index contributed by atoms with van der Waals surface area (Å²) in [7, 11) is -3.53. The molecule has 0 spiro atoms. The third kappa shape index (κ3) is 5.31. The molecule has 0 aliphatic carbocycles. The number of ether oxygens (including phenoxy) is 1. The first-order valence-electron chi connectivity index (χ1n) is 10.7. The SMILES string of the molecule is CCOC(=O)c1c(NC(=O)CNc2cccc(S(=O)(=O)N3CCCC3)c2)sc(C)c1CC. The number of amides is 1. The minimum Gasteiger partial charge on any atom is -0.462 e. The molecule has 3 rings (SSSR count). The van der Waals surface area contributed by atoms with E-state index in [1.165, 1.54) is 21.7 Å². The lowest BCUT2D eigenvalue weighted by Crippen LogP contribution is -2.28. The van der Waals surface area contributed by atoms with Crippen LogP contribution >= 0.6 is 11.3 Å². The molecule has 10 heteroatoms. The Morgan fingerprint density at radius 2 is 1.91 bits per heavy atom. The quantitative estimate of drug-likeness (QED) is 0.532. The van der Waals surface area contributed by atoms with Crippen LogP contribution in [0.3, 0.4) is 0 Å². The number of hydrogen-bond acceptors (Lipinski definition) is 7. The van der Waals surface area contributed by atoms with Gasteiger partial charge in [0.2, 0.25) is 15.9 Å². The molecule has 1 aromatic heterocycles. The lowest BCUT2D eigenvalue weighted by atomic mass is 10.1. The normalized spacial score (nSPS) is 14.3. The fraction of sp³-hybridized carbons (Fsp3) is 0.455. The summed E-state index contributed by atoms with van der Waals surface area (Å²) in [6.45, 7) is 6.84. The van der Waals surface area contributed by atoms with Crippen LogP contribution in [0.4, 0.5) is 10.7 Å². The van der Waals surface area contributed by atoms with Crippen molar-refractivity contribution in [2.24, 2.45) is 0 Å². The van der Waals surface area contributed by atoms with Crippen LogP contribution in [0.2, 0.25) is 0 Å². The average molecular weight is 480 g/mol. The van der Waals surface area contributed by atoms with Gasteiger partial charge in [0.05, 0.1) is 23.6 Å². The van der Waals surface area contributed by atoms with Crippen molar-refractivity contribution in [2.75, 3.05) is 36.9 Å². The summed E-state index contributed by atoms with van der Waals surface area (Å²) in [6.07, 6.45) is 2.39. The molecule has 2 N–H and O–H groups in total. The van der Waals surface area contributed by atoms with Gasteiger partial charge in [-0.1, -0.05) is 13.0 Å². The van der Waals surface area contributed by atoms with Crippen molar-refractivity contribution in [1.29, 1.82) is 0 Å². The number of rotatable bonds is 9. The largest absolute Gasteiger partial charge is 0.462 e. The third-order valence-corrected chi connectivity index (χ3v) is 8.24. The number of aryl methyl sites for hydroxylation is 1. The van der Waals surface area contributed by atoms with Crippen molar-refractivity contribution in [2.45, 2.75) is 44.9 Å². The molecule has 0 unspecified atom stereocenters. The molecule has 2 aromatic rings. The van der Waals surface area contributed by atoms with Gasteiger partial charge in [-0.25, -0.2) is 13.2 Å². The van der Waals surface area contributed by atoms with Crippen LogP contribution in [0.25, 0.3) is 0 Å². The number of esters is 1. The van der Waals surface area contributed by atoms with E-state index in [0.717, 1.165) is 23.3 Å². The Morgan fingerprint density at radius 3 is 2.56 bits per heavy atom. The zero-order valence-electron chi connectivity index (χ0n) is 18.6. The van der Waals surface area contributed by atoms with E-state index < -0.39 is 16.0 Å². The Hall–Kier alpha value is -2.43. The van der Waals surface area contributed by atoms with Crippen molar-refractivity contribution < 1.29 is 22.7 Å². The van der Waals surface area contributed by atoms with Crippen LogP contribution in [0, 0.1) is 6.92 Å². The van der Waals surface area contributed by atoms with E-state index in [4.69, 9.17) is 4.74 Å². The lowest BCUT2D eigenvalue weighted by molar-refractivity contribution is -0.114. The molecular weight excluding hydrogens is 450 g/mol. The molecule has 0 saturated carbocycles. The third-order valence-electron chi connectivity index (χ3n) is 5.28. The van der Waals surface area contributed by atoms with Crippen molar-refractivity contribution in [1.82, 2.24) is 4.31 Å². The van der Waals surface area contributed by atoms with Gasteiger partial charge in [0.25, 0.3) is 0 Å². The molecule has 0 radical (unpaired) electrons. The summed E-state index contributed by atoms with van der Waals surface area (Å²) in [6, 6.07) is 6.46. The molecule has 0 bridgehead atoms. The molecule has 1 amide bonds. The van der Waals surface area contributed by atoms with E-state index in [-0.39, 0.29) is 24.0 Å². The number of nitrogens with one attached hydrogen (secondary N) is 2. The first-order chi connectivity index (χ1) is 15.3. The fourth-order valence-electron chi connectivity index (χ4n) is 3.71. The smallest absolute Gasteiger partial charge is 0.341 e. The molecule has 32 heavy (non-hydrogen) atoms. The first-order valence-corrected chi connectivity index (χ1v) is 13.0. The maximum atomic E-state index is 12.8. The van der Waals surface area contributed by atoms with Crippen molar-refractivity contribution in [3.8, 4) is 0 Å². The van der Waals surface area contributed by atoms with Crippen molar-refractivity contribution in [3.05, 3.63) is 40.3 Å². The minimum absolute atomic E-state index is 0.0755. The van der Waals surface area contributed by atoms with Gasteiger partial charge in [0.1, 0.15) is 5.00 Å². The van der Waals surface area contributed by atoms with Gasteiger partial charge in [-0.05, 0) is 56.9 Å². The van der Waals surface area contributed by atoms with Crippen LogP contribution in [0.1, 0.15) is 47.5 Å². The van der Waals surface area contributed by atoms with E-state index in [0.29, 0.717) is 35.8 Å². The highest BCUT2D eigenvalue weighted by molar-refractivity contribution is 7.89. The highest BCUT2D eigenvalue weighted by Gasteiger charge is 2.27. The second kappa shape index (κ2) is 10.5. The van der Waals surface area contributed by atoms with Gasteiger partial charge in [-0.15, -0.1) is 11.3 Å². The van der Waals surface area contributed by atoms with E-state index in [9.17, 15) is 18.0 Å². The van der Waals surface area contributed by atoms with Gasteiger partial charge < -0.3 is 15.4 Å². The topological polar surface area (TPSA) is 105 Å². The van der Waals surface area contributed by atoms with Crippen LogP contribution in [0.5, 0.6) is 0 Å². The molecule has 1 saturated heterocycles. The number of thiophene rings is 1. The van der Waals surface area contributed by atoms with Gasteiger partial charge in [-0.3, -0.25) is 4.79 Å². The predicted molar refractivity (Wildman–Crippen MR) is 126 cm³/mol. The summed E-state index contributed by atoms with van der Waals surface area (Å²) in [5.41, 5.74) is 1.81. The molecule has 2 heterocycles. The van der Waals surface area contributed by atoms with E-state index in [1.807, 2.05) is 13.8 Å². The maximum absolute atomic E-state index is 12.8. The fourth-order valence-corrected chi connectivity index (χ4v) is 6.42. The van der Waals surface area contributed by atoms with Crippen molar-refractivity contribution >= 4 is 43.9 Å². The van der Waals surface area contributed by atoms with Gasteiger partial charge in [-0.2, -0.15) is 4.31 Å². The number of carbonyl (C=O) groups is 2.